The maximum absolute atomic E-state index is 13.2. The summed E-state index contributed by atoms with van der Waals surface area (Å²) in [6, 6.07) is 10.8. The average molecular weight is 473 g/mol. The second-order valence-corrected chi connectivity index (χ2v) is 9.03. The van der Waals surface area contributed by atoms with Crippen molar-refractivity contribution in [2.75, 3.05) is 6.61 Å². The van der Waals surface area contributed by atoms with E-state index in [0.29, 0.717) is 25.0 Å². The molecule has 0 unspecified atom stereocenters. The lowest BCUT2D eigenvalue weighted by molar-refractivity contribution is -0.143. The Kier molecular flexibility index (Phi) is 6.59. The third-order valence-corrected chi connectivity index (χ3v) is 6.01. The first-order valence-corrected chi connectivity index (χ1v) is 10.4. The molecule has 1 N–H and O–H groups in total. The normalized spacial score (nSPS) is 24.2. The van der Waals surface area contributed by atoms with Crippen LogP contribution in [0.15, 0.2) is 48.5 Å². The summed E-state index contributed by atoms with van der Waals surface area (Å²) >= 11 is 0. The number of carbonyl (C=O) groups excluding carboxylic acids is 1. The van der Waals surface area contributed by atoms with Gasteiger partial charge in [0.25, 0.3) is 0 Å². The fourth-order valence-electron chi connectivity index (χ4n) is 4.73. The van der Waals surface area contributed by atoms with Gasteiger partial charge in [0, 0.05) is 17.9 Å². The predicted molar refractivity (Wildman–Crippen MR) is 110 cm³/mol. The zero-order valence-corrected chi connectivity index (χ0v) is 18.4. The maximum atomic E-state index is 13.2. The Morgan fingerprint density at radius 1 is 1.00 bits per heavy atom. The van der Waals surface area contributed by atoms with Gasteiger partial charge >= 0.3 is 12.4 Å². The molecule has 9 heteroatoms. The lowest BCUT2D eigenvalue weighted by Gasteiger charge is -2.55. The van der Waals surface area contributed by atoms with Crippen LogP contribution in [0.2, 0.25) is 0 Å². The lowest BCUT2D eigenvalue weighted by atomic mass is 9.55. The smallest absolute Gasteiger partial charge is 0.373 e. The molecule has 0 heterocycles. The first-order valence-electron chi connectivity index (χ1n) is 10.4. The topological polar surface area (TPSA) is 38.3 Å². The maximum Gasteiger partial charge on any atom is 0.416 e. The number of rotatable bonds is 6. The van der Waals surface area contributed by atoms with Crippen molar-refractivity contribution in [3.05, 3.63) is 70.8 Å². The van der Waals surface area contributed by atoms with E-state index < -0.39 is 40.5 Å². The molecule has 0 saturated heterocycles. The molecule has 3 rings (SSSR count). The molecule has 1 aliphatic rings. The van der Waals surface area contributed by atoms with Crippen molar-refractivity contribution in [1.29, 1.82) is 0 Å². The molecule has 2 aromatic carbocycles. The third kappa shape index (κ3) is 5.69. The first-order chi connectivity index (χ1) is 15.1. The van der Waals surface area contributed by atoms with Gasteiger partial charge in [0.2, 0.25) is 5.91 Å². The Labute approximate surface area is 188 Å². The van der Waals surface area contributed by atoms with Crippen LogP contribution in [-0.4, -0.2) is 18.1 Å². The van der Waals surface area contributed by atoms with E-state index >= 15 is 0 Å². The minimum absolute atomic E-state index is 0.0744. The van der Waals surface area contributed by atoms with Gasteiger partial charge in [-0.2, -0.15) is 26.3 Å². The van der Waals surface area contributed by atoms with Crippen LogP contribution in [-0.2, 0) is 27.3 Å². The second-order valence-electron chi connectivity index (χ2n) is 9.03. The zero-order chi connectivity index (χ0) is 24.7. The van der Waals surface area contributed by atoms with Crippen LogP contribution in [0.25, 0.3) is 0 Å². The van der Waals surface area contributed by atoms with E-state index in [9.17, 15) is 31.1 Å². The molecular weight excluding hydrogens is 448 g/mol. The van der Waals surface area contributed by atoms with Crippen LogP contribution in [0.4, 0.5) is 26.3 Å². The van der Waals surface area contributed by atoms with E-state index in [0.717, 1.165) is 5.56 Å². The molecule has 0 aliphatic heterocycles. The third-order valence-electron chi connectivity index (χ3n) is 6.01. The summed E-state index contributed by atoms with van der Waals surface area (Å²) in [5, 5.41) is 2.90. The van der Waals surface area contributed by atoms with E-state index in [4.69, 9.17) is 4.74 Å². The predicted octanol–water partition coefficient (Wildman–Crippen LogP) is 6.43. The van der Waals surface area contributed by atoms with Crippen LogP contribution in [0.5, 0.6) is 0 Å². The van der Waals surface area contributed by atoms with E-state index in [-0.39, 0.29) is 24.1 Å². The minimum Gasteiger partial charge on any atom is -0.373 e. The molecule has 1 amide bonds. The van der Waals surface area contributed by atoms with Crippen molar-refractivity contribution in [2.24, 2.45) is 0 Å². The summed E-state index contributed by atoms with van der Waals surface area (Å²) in [6.45, 7) is 4.81. The van der Waals surface area contributed by atoms with Gasteiger partial charge in [0.05, 0.1) is 23.8 Å². The molecule has 1 atom stereocenters. The lowest BCUT2D eigenvalue weighted by Crippen LogP contribution is -2.63. The van der Waals surface area contributed by atoms with Crippen molar-refractivity contribution in [3.63, 3.8) is 0 Å². The molecule has 3 nitrogen and oxygen atoms in total. The molecule has 2 aromatic rings. The summed E-state index contributed by atoms with van der Waals surface area (Å²) in [5.41, 5.74) is -3.02. The van der Waals surface area contributed by atoms with Crippen molar-refractivity contribution in [2.45, 2.75) is 63.0 Å². The summed E-state index contributed by atoms with van der Waals surface area (Å²) in [6.07, 6.45) is -9.81. The van der Waals surface area contributed by atoms with Crippen molar-refractivity contribution in [3.8, 4) is 0 Å². The van der Waals surface area contributed by atoms with Crippen LogP contribution in [0, 0.1) is 0 Å². The number of hydrogen-bond acceptors (Lipinski definition) is 2. The van der Waals surface area contributed by atoms with E-state index in [1.54, 1.807) is 0 Å². The van der Waals surface area contributed by atoms with Crippen LogP contribution in [0.3, 0.4) is 0 Å². The highest BCUT2D eigenvalue weighted by atomic mass is 19.4. The van der Waals surface area contributed by atoms with Crippen molar-refractivity contribution in [1.82, 2.24) is 5.32 Å². The number of carbonyl (C=O) groups is 1. The standard InChI is InChI=1S/C24H25F6NO2/c1-15(17-9-19(23(25,26)27)11-20(10-17)24(28,29)30)33-14-22(18-7-5-4-6-8-18)12-21(3,13-22)31-16(2)32/h4-11,15H,12-14H2,1-3H3,(H,31,32)/t15-,21?,22?/m1/s1. The second kappa shape index (κ2) is 8.66. The first kappa shape index (κ1) is 25.1. The molecule has 0 bridgehead atoms. The molecule has 0 spiro atoms. The molecule has 1 aliphatic carbocycles. The number of halogens is 6. The Morgan fingerprint density at radius 3 is 1.97 bits per heavy atom. The highest BCUT2D eigenvalue weighted by Crippen LogP contribution is 2.51. The molecule has 1 fully saturated rings. The number of alkyl halides is 6. The minimum atomic E-state index is -4.92. The van der Waals surface area contributed by atoms with Crippen molar-refractivity contribution >= 4 is 5.91 Å². The molecule has 0 aromatic heterocycles. The summed E-state index contributed by atoms with van der Waals surface area (Å²) < 4.78 is 85.1. The van der Waals surface area contributed by atoms with Gasteiger partial charge in [0.15, 0.2) is 0 Å². The fourth-order valence-corrected chi connectivity index (χ4v) is 4.73. The van der Waals surface area contributed by atoms with Gasteiger partial charge in [-0.25, -0.2) is 0 Å². The number of ether oxygens (including phenoxy) is 1. The van der Waals surface area contributed by atoms with Crippen LogP contribution < -0.4 is 5.32 Å². The van der Waals surface area contributed by atoms with Gasteiger partial charge in [-0.1, -0.05) is 30.3 Å². The number of hydrogen-bond donors (Lipinski definition) is 1. The Hall–Kier alpha value is -2.55. The molecule has 180 valence electrons. The summed E-state index contributed by atoms with van der Waals surface area (Å²) in [5.74, 6) is -0.183. The van der Waals surface area contributed by atoms with Crippen molar-refractivity contribution < 1.29 is 35.9 Å². The van der Waals surface area contributed by atoms with Gasteiger partial charge in [-0.15, -0.1) is 0 Å². The largest absolute Gasteiger partial charge is 0.416 e. The molecule has 33 heavy (non-hydrogen) atoms. The highest BCUT2D eigenvalue weighted by molar-refractivity contribution is 5.74. The SMILES string of the molecule is CC(=O)NC1(C)CC(CO[C@H](C)c2cc(C(F)(F)F)cc(C(F)(F)F)c2)(c2ccccc2)C1. The van der Waals surface area contributed by atoms with Crippen LogP contribution >= 0.6 is 0 Å². The van der Waals surface area contributed by atoms with Gasteiger partial charge in [0.1, 0.15) is 0 Å². The van der Waals surface area contributed by atoms with Crippen LogP contribution in [0.1, 0.15) is 62.0 Å². The van der Waals surface area contributed by atoms with E-state index in [1.165, 1.54) is 13.8 Å². The fraction of sp³-hybridized carbons (Fsp3) is 0.458. The van der Waals surface area contributed by atoms with Gasteiger partial charge in [-0.05, 0) is 56.0 Å². The molecule has 1 saturated carbocycles. The average Bonchev–Trinajstić information content (AvgIpc) is 2.68. The van der Waals surface area contributed by atoms with Gasteiger partial charge < -0.3 is 10.1 Å². The highest BCUT2D eigenvalue weighted by Gasteiger charge is 2.53. The summed E-state index contributed by atoms with van der Waals surface area (Å²) in [4.78, 5) is 11.6. The monoisotopic (exact) mass is 473 g/mol. The number of benzene rings is 2. The molecule has 0 radical (unpaired) electrons. The Morgan fingerprint density at radius 2 is 1.52 bits per heavy atom. The van der Waals surface area contributed by atoms with E-state index in [1.807, 2.05) is 37.3 Å². The Balaban J connectivity index is 1.86. The van der Waals surface area contributed by atoms with Gasteiger partial charge in [-0.3, -0.25) is 4.79 Å². The molecular formula is C24H25F6NO2. The van der Waals surface area contributed by atoms with E-state index in [2.05, 4.69) is 5.32 Å². The number of nitrogens with one attached hydrogen (secondary N) is 1. The number of amides is 1. The zero-order valence-electron chi connectivity index (χ0n) is 18.4. The summed E-state index contributed by atoms with van der Waals surface area (Å²) in [7, 11) is 0. The quantitative estimate of drug-likeness (QED) is 0.491. The Bertz CT molecular complexity index is 962.